The minimum Gasteiger partial charge on any atom is -0.482 e. The van der Waals surface area contributed by atoms with Crippen molar-refractivity contribution in [3.05, 3.63) is 53.1 Å². The Morgan fingerprint density at radius 3 is 2.55 bits per heavy atom. The Labute approximate surface area is 192 Å². The van der Waals surface area contributed by atoms with Crippen LogP contribution in [-0.2, 0) is 19.6 Å². The van der Waals surface area contributed by atoms with Gasteiger partial charge in [0, 0.05) is 23.0 Å². The number of nitrogens with zero attached hydrogens (tertiary/aromatic N) is 1. The van der Waals surface area contributed by atoms with Gasteiger partial charge in [0.25, 0.3) is 5.91 Å². The van der Waals surface area contributed by atoms with E-state index < -0.39 is 10.0 Å². The van der Waals surface area contributed by atoms with Crippen LogP contribution < -0.4 is 10.1 Å². The van der Waals surface area contributed by atoms with Crippen molar-refractivity contribution in [1.82, 2.24) is 9.62 Å². The predicted octanol–water partition coefficient (Wildman–Crippen LogP) is 3.34. The molecule has 10 heteroatoms. The number of carbonyl (C=O) groups is 1. The van der Waals surface area contributed by atoms with Crippen LogP contribution in [0.2, 0.25) is 5.02 Å². The molecule has 0 aliphatic carbocycles. The summed E-state index contributed by atoms with van der Waals surface area (Å²) < 4.78 is 38.3. The van der Waals surface area contributed by atoms with Gasteiger partial charge in [-0.3, -0.25) is 4.79 Å². The summed E-state index contributed by atoms with van der Waals surface area (Å²) in [6, 6.07) is 12.0. The number of nitrogens with one attached hydrogen (secondary N) is 1. The Morgan fingerprint density at radius 1 is 1.23 bits per heavy atom. The minimum atomic E-state index is -3.83. The van der Waals surface area contributed by atoms with Gasteiger partial charge in [0.15, 0.2) is 6.61 Å². The van der Waals surface area contributed by atoms with E-state index in [-0.39, 0.29) is 47.3 Å². The van der Waals surface area contributed by atoms with Crippen LogP contribution in [0.3, 0.4) is 0 Å². The molecule has 0 saturated carbocycles. The first-order valence-corrected chi connectivity index (χ1v) is 12.8. The summed E-state index contributed by atoms with van der Waals surface area (Å²) in [7, 11) is -3.83. The molecule has 0 spiro atoms. The van der Waals surface area contributed by atoms with Crippen LogP contribution in [0, 0.1) is 0 Å². The fourth-order valence-electron chi connectivity index (χ4n) is 3.13. The minimum absolute atomic E-state index is 0.0598. The van der Waals surface area contributed by atoms with Gasteiger partial charge in [-0.2, -0.15) is 4.31 Å². The van der Waals surface area contributed by atoms with Gasteiger partial charge < -0.3 is 14.8 Å². The number of hydrogen-bond acceptors (Lipinski definition) is 6. The van der Waals surface area contributed by atoms with Crippen LogP contribution in [0.1, 0.15) is 18.5 Å². The van der Waals surface area contributed by atoms with Crippen molar-refractivity contribution in [1.29, 1.82) is 0 Å². The van der Waals surface area contributed by atoms with Gasteiger partial charge in [-0.05, 0) is 49.1 Å². The van der Waals surface area contributed by atoms with E-state index in [1.54, 1.807) is 11.8 Å². The van der Waals surface area contributed by atoms with Crippen molar-refractivity contribution < 1.29 is 22.7 Å². The monoisotopic (exact) mass is 484 g/mol. The number of hydrogen-bond donors (Lipinski definition) is 1. The quantitative estimate of drug-likeness (QED) is 0.578. The standard InChI is InChI=1S/C21H25ClN2O5S2/c1-15(16-3-6-18(30-2)7-4-16)23-21(25)14-29-19-8-5-17(22)13-20(19)31(26,27)24-9-11-28-12-10-24/h3-8,13,15H,9-12,14H2,1-2H3,(H,23,25)/t15-/m1/s1. The summed E-state index contributed by atoms with van der Waals surface area (Å²) in [6.45, 7) is 2.72. The molecule has 3 rings (SSSR count). The molecule has 168 valence electrons. The van der Waals surface area contributed by atoms with E-state index in [2.05, 4.69) is 5.32 Å². The van der Waals surface area contributed by atoms with Gasteiger partial charge in [0.2, 0.25) is 10.0 Å². The molecule has 0 bridgehead atoms. The molecule has 1 saturated heterocycles. The number of thioether (sulfide) groups is 1. The molecule has 2 aromatic carbocycles. The average molecular weight is 485 g/mol. The van der Waals surface area contributed by atoms with Crippen LogP contribution in [0.5, 0.6) is 5.75 Å². The lowest BCUT2D eigenvalue weighted by Crippen LogP contribution is -2.40. The van der Waals surface area contributed by atoms with Crippen LogP contribution in [-0.4, -0.2) is 57.8 Å². The van der Waals surface area contributed by atoms with E-state index in [4.69, 9.17) is 21.1 Å². The van der Waals surface area contributed by atoms with E-state index in [0.717, 1.165) is 10.5 Å². The third-order valence-electron chi connectivity index (χ3n) is 4.85. The van der Waals surface area contributed by atoms with Gasteiger partial charge >= 0.3 is 0 Å². The Balaban J connectivity index is 1.67. The van der Waals surface area contributed by atoms with Crippen molar-refractivity contribution in [3.63, 3.8) is 0 Å². The molecular weight excluding hydrogens is 460 g/mol. The van der Waals surface area contributed by atoms with E-state index >= 15 is 0 Å². The summed E-state index contributed by atoms with van der Waals surface area (Å²) in [6.07, 6.45) is 2.00. The zero-order valence-corrected chi connectivity index (χ0v) is 19.7. The largest absolute Gasteiger partial charge is 0.482 e. The average Bonchev–Trinajstić information content (AvgIpc) is 2.78. The molecule has 1 aliphatic heterocycles. The summed E-state index contributed by atoms with van der Waals surface area (Å²) >= 11 is 7.69. The highest BCUT2D eigenvalue weighted by molar-refractivity contribution is 7.98. The lowest BCUT2D eigenvalue weighted by Gasteiger charge is -2.27. The molecule has 1 fully saturated rings. The predicted molar refractivity (Wildman–Crippen MR) is 121 cm³/mol. The normalized spacial score (nSPS) is 16.0. The second-order valence-electron chi connectivity index (χ2n) is 6.96. The first-order valence-electron chi connectivity index (χ1n) is 9.75. The molecule has 1 heterocycles. The van der Waals surface area contributed by atoms with Crippen LogP contribution in [0.15, 0.2) is 52.3 Å². The Morgan fingerprint density at radius 2 is 1.90 bits per heavy atom. The zero-order chi connectivity index (χ0) is 22.4. The van der Waals surface area contributed by atoms with Crippen LogP contribution >= 0.6 is 23.4 Å². The van der Waals surface area contributed by atoms with E-state index in [1.165, 1.54) is 22.5 Å². The highest BCUT2D eigenvalue weighted by Gasteiger charge is 2.30. The Kier molecular flexibility index (Phi) is 8.23. The zero-order valence-electron chi connectivity index (χ0n) is 17.3. The highest BCUT2D eigenvalue weighted by atomic mass is 35.5. The van der Waals surface area contributed by atoms with Crippen molar-refractivity contribution >= 4 is 39.3 Å². The van der Waals surface area contributed by atoms with Gasteiger partial charge in [0.1, 0.15) is 10.6 Å². The molecule has 0 radical (unpaired) electrons. The van der Waals surface area contributed by atoms with Gasteiger partial charge in [-0.1, -0.05) is 23.7 Å². The fourth-order valence-corrected chi connectivity index (χ4v) is 5.34. The second kappa shape index (κ2) is 10.7. The third-order valence-corrected chi connectivity index (χ3v) is 7.74. The number of ether oxygens (including phenoxy) is 2. The number of sulfonamides is 1. The Bertz CT molecular complexity index is 1010. The van der Waals surface area contributed by atoms with E-state index in [0.29, 0.717) is 13.2 Å². The molecule has 31 heavy (non-hydrogen) atoms. The first kappa shape index (κ1) is 23.9. The number of amides is 1. The molecule has 2 aromatic rings. The van der Waals surface area contributed by atoms with Crippen molar-refractivity contribution in [2.45, 2.75) is 22.8 Å². The summed E-state index contributed by atoms with van der Waals surface area (Å²) in [4.78, 5) is 13.5. The molecule has 0 aromatic heterocycles. The Hall–Kier alpha value is -1.78. The summed E-state index contributed by atoms with van der Waals surface area (Å²) in [5.41, 5.74) is 0.966. The van der Waals surface area contributed by atoms with Gasteiger partial charge in [-0.15, -0.1) is 11.8 Å². The van der Waals surface area contributed by atoms with Crippen LogP contribution in [0.4, 0.5) is 0 Å². The van der Waals surface area contributed by atoms with Crippen molar-refractivity contribution in [2.75, 3.05) is 39.2 Å². The number of carbonyl (C=O) groups excluding carboxylic acids is 1. The number of benzene rings is 2. The molecule has 1 amide bonds. The summed E-state index contributed by atoms with van der Waals surface area (Å²) in [5.74, 6) is -0.269. The molecule has 1 atom stereocenters. The maximum atomic E-state index is 13.0. The lowest BCUT2D eigenvalue weighted by molar-refractivity contribution is -0.123. The third kappa shape index (κ3) is 6.14. The van der Waals surface area contributed by atoms with Gasteiger partial charge in [-0.25, -0.2) is 8.42 Å². The second-order valence-corrected chi connectivity index (χ2v) is 10.2. The maximum absolute atomic E-state index is 13.0. The lowest BCUT2D eigenvalue weighted by atomic mass is 10.1. The van der Waals surface area contributed by atoms with Crippen molar-refractivity contribution in [2.24, 2.45) is 0 Å². The molecule has 7 nitrogen and oxygen atoms in total. The molecular formula is C21H25ClN2O5S2. The summed E-state index contributed by atoms with van der Waals surface area (Å²) in [5, 5.41) is 3.13. The fraction of sp³-hybridized carbons (Fsp3) is 0.381. The van der Waals surface area contributed by atoms with Gasteiger partial charge in [0.05, 0.1) is 19.3 Å². The van der Waals surface area contributed by atoms with E-state index in [1.807, 2.05) is 37.4 Å². The number of morpholine rings is 1. The molecule has 0 unspecified atom stereocenters. The number of halogens is 1. The smallest absolute Gasteiger partial charge is 0.258 e. The first-order chi connectivity index (χ1) is 14.8. The molecule has 1 aliphatic rings. The highest BCUT2D eigenvalue weighted by Crippen LogP contribution is 2.30. The SMILES string of the molecule is CSc1ccc([C@@H](C)NC(=O)COc2ccc(Cl)cc2S(=O)(=O)N2CCOCC2)cc1. The number of rotatable bonds is 8. The topological polar surface area (TPSA) is 84.9 Å². The van der Waals surface area contributed by atoms with Crippen molar-refractivity contribution in [3.8, 4) is 5.75 Å². The van der Waals surface area contributed by atoms with E-state index in [9.17, 15) is 13.2 Å². The van der Waals surface area contributed by atoms with Crippen LogP contribution in [0.25, 0.3) is 0 Å². The molecule has 1 N–H and O–H groups in total. The maximum Gasteiger partial charge on any atom is 0.258 e.